The Morgan fingerprint density at radius 2 is 1.62 bits per heavy atom. The van der Waals surface area contributed by atoms with E-state index in [0.29, 0.717) is 0 Å². The van der Waals surface area contributed by atoms with Crippen molar-refractivity contribution in [1.82, 2.24) is 4.90 Å². The third kappa shape index (κ3) is 2.49. The van der Waals surface area contributed by atoms with Gasteiger partial charge in [0.25, 0.3) is 0 Å². The number of amides is 1. The summed E-state index contributed by atoms with van der Waals surface area (Å²) >= 11 is 0. The number of nitrogens with zero attached hydrogens (tertiary/aromatic N) is 1. The van der Waals surface area contributed by atoms with Crippen LogP contribution in [0.2, 0.25) is 0 Å². The minimum absolute atomic E-state index is 0.439. The fourth-order valence-corrected chi connectivity index (χ4v) is 2.79. The van der Waals surface area contributed by atoms with Gasteiger partial charge in [-0.2, -0.15) is 0 Å². The molecule has 1 heterocycles. The van der Waals surface area contributed by atoms with Crippen molar-refractivity contribution in [1.29, 1.82) is 0 Å². The lowest BCUT2D eigenvalue weighted by atomic mass is 9.86. The number of methoxy groups -OCH3 is 2. The summed E-state index contributed by atoms with van der Waals surface area (Å²) in [5.74, 6) is -3.84. The molecule has 3 atom stereocenters. The van der Waals surface area contributed by atoms with Gasteiger partial charge < -0.3 is 14.4 Å². The van der Waals surface area contributed by atoms with Crippen molar-refractivity contribution in [3.8, 4) is 0 Å². The molecule has 1 fully saturated rings. The second-order valence-electron chi connectivity index (χ2n) is 4.85. The molecule has 0 N–H and O–H groups in total. The average molecular weight is 291 g/mol. The Labute approximate surface area is 122 Å². The molecule has 0 saturated carbocycles. The summed E-state index contributed by atoms with van der Waals surface area (Å²) in [5.41, 5.74) is 0.773. The molecule has 1 aromatic carbocycles. The van der Waals surface area contributed by atoms with Crippen molar-refractivity contribution < 1.29 is 23.9 Å². The third-order valence-corrected chi connectivity index (χ3v) is 3.80. The van der Waals surface area contributed by atoms with Gasteiger partial charge in [-0.1, -0.05) is 30.3 Å². The van der Waals surface area contributed by atoms with Gasteiger partial charge in [-0.05, 0) is 5.56 Å². The summed E-state index contributed by atoms with van der Waals surface area (Å²) in [6.07, 6.45) is 0. The van der Waals surface area contributed by atoms with Crippen molar-refractivity contribution in [2.45, 2.75) is 6.04 Å². The SMILES string of the molecule is COC(=O)[C@@H]1C(=O)N(C)[C@H](c2ccccc2)[C@@H]1C(=O)OC. The van der Waals surface area contributed by atoms with Gasteiger partial charge in [0.2, 0.25) is 5.91 Å². The summed E-state index contributed by atoms with van der Waals surface area (Å²) in [4.78, 5) is 37.7. The highest BCUT2D eigenvalue weighted by Crippen LogP contribution is 2.41. The Balaban J connectivity index is 2.49. The molecule has 2 rings (SSSR count). The van der Waals surface area contributed by atoms with Gasteiger partial charge >= 0.3 is 11.9 Å². The molecule has 112 valence electrons. The van der Waals surface area contributed by atoms with Crippen LogP contribution in [0.15, 0.2) is 30.3 Å². The maximum absolute atomic E-state index is 12.3. The maximum Gasteiger partial charge on any atom is 0.319 e. The predicted octanol–water partition coefficient (Wildman–Crippen LogP) is 0.778. The first kappa shape index (κ1) is 15.0. The highest BCUT2D eigenvalue weighted by molar-refractivity contribution is 6.04. The van der Waals surface area contributed by atoms with Crippen LogP contribution in [0.3, 0.4) is 0 Å². The second-order valence-corrected chi connectivity index (χ2v) is 4.85. The van der Waals surface area contributed by atoms with E-state index < -0.39 is 35.7 Å². The smallest absolute Gasteiger partial charge is 0.319 e. The normalized spacial score (nSPS) is 24.8. The number of carbonyl (C=O) groups excluding carboxylic acids is 3. The third-order valence-electron chi connectivity index (χ3n) is 3.80. The van der Waals surface area contributed by atoms with Gasteiger partial charge in [-0.3, -0.25) is 14.4 Å². The largest absolute Gasteiger partial charge is 0.469 e. The van der Waals surface area contributed by atoms with Gasteiger partial charge in [0.05, 0.1) is 20.3 Å². The summed E-state index contributed by atoms with van der Waals surface area (Å²) in [6.45, 7) is 0. The first-order valence-electron chi connectivity index (χ1n) is 6.50. The number of rotatable bonds is 3. The molecule has 6 nitrogen and oxygen atoms in total. The molecule has 1 saturated heterocycles. The Bertz CT molecular complexity index is 556. The van der Waals surface area contributed by atoms with Crippen molar-refractivity contribution in [3.05, 3.63) is 35.9 Å². The van der Waals surface area contributed by atoms with Crippen LogP contribution in [-0.4, -0.2) is 44.0 Å². The van der Waals surface area contributed by atoms with E-state index in [1.54, 1.807) is 7.05 Å². The number of ether oxygens (including phenoxy) is 2. The van der Waals surface area contributed by atoms with Gasteiger partial charge in [0.1, 0.15) is 5.92 Å². The molecule has 0 spiro atoms. The van der Waals surface area contributed by atoms with Gasteiger partial charge in [0, 0.05) is 7.05 Å². The first-order valence-corrected chi connectivity index (χ1v) is 6.50. The van der Waals surface area contributed by atoms with Crippen LogP contribution >= 0.6 is 0 Å². The fraction of sp³-hybridized carbons (Fsp3) is 0.400. The lowest BCUT2D eigenvalue weighted by molar-refractivity contribution is -0.158. The van der Waals surface area contributed by atoms with Crippen LogP contribution in [0.5, 0.6) is 0 Å². The van der Waals surface area contributed by atoms with E-state index >= 15 is 0 Å². The lowest BCUT2D eigenvalue weighted by Gasteiger charge is -2.24. The van der Waals surface area contributed by atoms with Crippen LogP contribution in [0.4, 0.5) is 0 Å². The van der Waals surface area contributed by atoms with Crippen LogP contribution in [-0.2, 0) is 23.9 Å². The molecule has 0 aromatic heterocycles. The highest BCUT2D eigenvalue weighted by atomic mass is 16.5. The van der Waals surface area contributed by atoms with Crippen molar-refractivity contribution in [2.24, 2.45) is 11.8 Å². The molecule has 1 aliphatic rings. The van der Waals surface area contributed by atoms with E-state index in [1.165, 1.54) is 19.1 Å². The molecule has 1 aromatic rings. The predicted molar refractivity (Wildman–Crippen MR) is 73.0 cm³/mol. The quantitative estimate of drug-likeness (QED) is 0.608. The van der Waals surface area contributed by atoms with E-state index in [4.69, 9.17) is 4.74 Å². The van der Waals surface area contributed by atoms with E-state index in [0.717, 1.165) is 5.56 Å². The standard InChI is InChI=1S/C15H17NO5/c1-16-12(9-7-5-4-6-8-9)10(14(18)20-2)11(13(16)17)15(19)21-3/h4-8,10-12H,1-3H3/t10-,11+,12-/m1/s1. The Morgan fingerprint density at radius 3 is 2.14 bits per heavy atom. The van der Waals surface area contributed by atoms with E-state index in [1.807, 2.05) is 30.3 Å². The zero-order valence-electron chi connectivity index (χ0n) is 12.1. The average Bonchev–Trinajstić information content (AvgIpc) is 2.78. The van der Waals surface area contributed by atoms with Crippen LogP contribution in [0.1, 0.15) is 11.6 Å². The number of hydrogen-bond donors (Lipinski definition) is 0. The Morgan fingerprint density at radius 1 is 1.05 bits per heavy atom. The van der Waals surface area contributed by atoms with Crippen molar-refractivity contribution in [3.63, 3.8) is 0 Å². The molecule has 6 heteroatoms. The van der Waals surface area contributed by atoms with Crippen molar-refractivity contribution >= 4 is 17.8 Å². The van der Waals surface area contributed by atoms with E-state index in [-0.39, 0.29) is 0 Å². The van der Waals surface area contributed by atoms with Crippen molar-refractivity contribution in [2.75, 3.05) is 21.3 Å². The fourth-order valence-electron chi connectivity index (χ4n) is 2.79. The molecular formula is C15H17NO5. The zero-order chi connectivity index (χ0) is 15.6. The van der Waals surface area contributed by atoms with Gasteiger partial charge in [-0.15, -0.1) is 0 Å². The maximum atomic E-state index is 12.3. The second kappa shape index (κ2) is 5.95. The zero-order valence-corrected chi connectivity index (χ0v) is 12.1. The van der Waals surface area contributed by atoms with E-state index in [2.05, 4.69) is 4.74 Å². The van der Waals surface area contributed by atoms with Crippen LogP contribution in [0, 0.1) is 11.8 Å². The monoisotopic (exact) mass is 291 g/mol. The number of esters is 2. The van der Waals surface area contributed by atoms with Gasteiger partial charge in [-0.25, -0.2) is 0 Å². The number of hydrogen-bond acceptors (Lipinski definition) is 5. The molecule has 0 unspecified atom stereocenters. The summed E-state index contributed by atoms with van der Waals surface area (Å²) in [7, 11) is 4.00. The minimum Gasteiger partial charge on any atom is -0.469 e. The minimum atomic E-state index is -1.17. The molecule has 21 heavy (non-hydrogen) atoms. The van der Waals surface area contributed by atoms with Crippen LogP contribution in [0.25, 0.3) is 0 Å². The summed E-state index contributed by atoms with van der Waals surface area (Å²) in [5, 5.41) is 0. The molecule has 1 aliphatic heterocycles. The van der Waals surface area contributed by atoms with E-state index in [9.17, 15) is 14.4 Å². The summed E-state index contributed by atoms with van der Waals surface area (Å²) in [6, 6.07) is 8.54. The molecule has 0 bridgehead atoms. The topological polar surface area (TPSA) is 72.9 Å². The highest BCUT2D eigenvalue weighted by Gasteiger charge is 2.55. The van der Waals surface area contributed by atoms with Gasteiger partial charge in [0.15, 0.2) is 5.92 Å². The van der Waals surface area contributed by atoms with Crippen LogP contribution < -0.4 is 0 Å². The Kier molecular flexibility index (Phi) is 4.26. The first-order chi connectivity index (χ1) is 10.0. The number of benzene rings is 1. The molecule has 0 aliphatic carbocycles. The molecule has 1 amide bonds. The Hall–Kier alpha value is -2.37. The number of carbonyl (C=O) groups is 3. The number of likely N-dealkylation sites (tertiary alicyclic amines) is 1. The molecule has 0 radical (unpaired) electrons. The molecular weight excluding hydrogens is 274 g/mol. The summed E-state index contributed by atoms with van der Waals surface area (Å²) < 4.78 is 9.45. The lowest BCUT2D eigenvalue weighted by Crippen LogP contribution is -2.33.